The number of amides is 1. The molecule has 0 spiro atoms. The summed E-state index contributed by atoms with van der Waals surface area (Å²) in [5.74, 6) is 0. The summed E-state index contributed by atoms with van der Waals surface area (Å²) in [5.41, 5.74) is 5.51. The summed E-state index contributed by atoms with van der Waals surface area (Å²) in [7, 11) is 0. The Kier molecular flexibility index (Phi) is 11.0. The molecule has 6 nitrogen and oxygen atoms in total. The Morgan fingerprint density at radius 3 is 2.39 bits per heavy atom. The van der Waals surface area contributed by atoms with E-state index in [0.717, 1.165) is 65.0 Å². The number of nitrogens with zero attached hydrogens (tertiary/aromatic N) is 2. The standard InChI is InChI=1S/C17H36N4O2/c1-3-16(2)23-17(22)21(20-14-11-19-12-15-20)13-9-7-5-4-6-8-10-18/h16,19H,3-15,18H2,1-2H3. The van der Waals surface area contributed by atoms with Crippen LogP contribution in [-0.2, 0) is 4.74 Å². The van der Waals surface area contributed by atoms with E-state index in [1.165, 1.54) is 19.3 Å². The lowest BCUT2D eigenvalue weighted by atomic mass is 10.1. The largest absolute Gasteiger partial charge is 0.445 e. The SMILES string of the molecule is CCC(C)OC(=O)N(CCCCCCCCN)N1CCNCC1. The second-order valence-electron chi connectivity index (χ2n) is 6.34. The maximum Gasteiger partial charge on any atom is 0.424 e. The van der Waals surface area contributed by atoms with E-state index < -0.39 is 0 Å². The molecule has 1 amide bonds. The van der Waals surface area contributed by atoms with Crippen LogP contribution in [0.1, 0.15) is 58.8 Å². The fraction of sp³-hybridized carbons (Fsp3) is 0.941. The molecule has 1 fully saturated rings. The van der Waals surface area contributed by atoms with E-state index in [4.69, 9.17) is 10.5 Å². The van der Waals surface area contributed by atoms with Gasteiger partial charge in [-0.3, -0.25) is 0 Å². The number of hydrazine groups is 1. The summed E-state index contributed by atoms with van der Waals surface area (Å²) in [6.07, 6.45) is 7.61. The first kappa shape index (κ1) is 20.2. The van der Waals surface area contributed by atoms with Crippen molar-refractivity contribution in [3.8, 4) is 0 Å². The first-order chi connectivity index (χ1) is 11.2. The zero-order valence-electron chi connectivity index (χ0n) is 15.1. The molecule has 1 rings (SSSR count). The summed E-state index contributed by atoms with van der Waals surface area (Å²) >= 11 is 0. The Labute approximate surface area is 141 Å². The van der Waals surface area contributed by atoms with Crippen LogP contribution in [0.2, 0.25) is 0 Å². The Balaban J connectivity index is 2.36. The Morgan fingerprint density at radius 1 is 1.17 bits per heavy atom. The molecule has 1 heterocycles. The second kappa shape index (κ2) is 12.6. The molecule has 23 heavy (non-hydrogen) atoms. The Bertz CT molecular complexity index is 309. The molecule has 0 aromatic heterocycles. The van der Waals surface area contributed by atoms with E-state index in [1.807, 2.05) is 18.9 Å². The van der Waals surface area contributed by atoms with Gasteiger partial charge in [-0.05, 0) is 32.7 Å². The number of ether oxygens (including phenoxy) is 1. The zero-order valence-corrected chi connectivity index (χ0v) is 15.1. The minimum atomic E-state index is -0.190. The molecule has 1 saturated heterocycles. The van der Waals surface area contributed by atoms with E-state index in [0.29, 0.717) is 0 Å². The van der Waals surface area contributed by atoms with Gasteiger partial charge in [0.15, 0.2) is 0 Å². The summed E-state index contributed by atoms with van der Waals surface area (Å²) in [4.78, 5) is 12.4. The van der Waals surface area contributed by atoms with Crippen LogP contribution in [0.15, 0.2) is 0 Å². The van der Waals surface area contributed by atoms with Gasteiger partial charge in [0, 0.05) is 32.7 Å². The maximum absolute atomic E-state index is 12.4. The van der Waals surface area contributed by atoms with Gasteiger partial charge in [-0.25, -0.2) is 14.8 Å². The molecule has 0 aromatic rings. The molecule has 1 aliphatic heterocycles. The Hall–Kier alpha value is -0.850. The van der Waals surface area contributed by atoms with E-state index in [1.54, 1.807) is 0 Å². The summed E-state index contributed by atoms with van der Waals surface area (Å²) in [5, 5.41) is 7.29. The zero-order chi connectivity index (χ0) is 16.9. The number of carbonyl (C=O) groups is 1. The third kappa shape index (κ3) is 8.53. The third-order valence-corrected chi connectivity index (χ3v) is 4.35. The number of nitrogens with two attached hydrogens (primary N) is 1. The first-order valence-corrected chi connectivity index (χ1v) is 9.32. The van der Waals surface area contributed by atoms with Crippen molar-refractivity contribution < 1.29 is 9.53 Å². The van der Waals surface area contributed by atoms with Gasteiger partial charge in [-0.2, -0.15) is 0 Å². The molecule has 136 valence electrons. The van der Waals surface area contributed by atoms with Crippen molar-refractivity contribution in [1.29, 1.82) is 0 Å². The van der Waals surface area contributed by atoms with Gasteiger partial charge in [0.05, 0.1) is 0 Å². The van der Waals surface area contributed by atoms with Crippen molar-refractivity contribution in [2.75, 3.05) is 39.3 Å². The number of piperazine rings is 1. The van der Waals surface area contributed by atoms with Crippen molar-refractivity contribution in [2.45, 2.75) is 64.9 Å². The number of hydrogen-bond donors (Lipinski definition) is 2. The van der Waals surface area contributed by atoms with Gasteiger partial charge >= 0.3 is 6.09 Å². The molecule has 3 N–H and O–H groups in total. The van der Waals surface area contributed by atoms with Crippen LogP contribution in [0.25, 0.3) is 0 Å². The van der Waals surface area contributed by atoms with E-state index in [2.05, 4.69) is 10.3 Å². The predicted molar refractivity (Wildman–Crippen MR) is 94.1 cm³/mol. The van der Waals surface area contributed by atoms with Crippen LogP contribution in [0.5, 0.6) is 0 Å². The lowest BCUT2D eigenvalue weighted by Crippen LogP contribution is -2.55. The average molecular weight is 329 g/mol. The highest BCUT2D eigenvalue weighted by molar-refractivity contribution is 5.67. The van der Waals surface area contributed by atoms with Crippen LogP contribution in [0, 0.1) is 0 Å². The molecule has 1 aliphatic rings. The summed E-state index contributed by atoms with van der Waals surface area (Å²) in [6, 6.07) is 0. The smallest absolute Gasteiger partial charge is 0.424 e. The van der Waals surface area contributed by atoms with Crippen LogP contribution in [-0.4, -0.2) is 61.5 Å². The van der Waals surface area contributed by atoms with E-state index in [9.17, 15) is 4.79 Å². The van der Waals surface area contributed by atoms with Crippen molar-refractivity contribution in [2.24, 2.45) is 5.73 Å². The van der Waals surface area contributed by atoms with Crippen LogP contribution in [0.3, 0.4) is 0 Å². The predicted octanol–water partition coefficient (Wildman–Crippen LogP) is 2.34. The van der Waals surface area contributed by atoms with Gasteiger partial charge < -0.3 is 15.8 Å². The van der Waals surface area contributed by atoms with E-state index >= 15 is 0 Å². The first-order valence-electron chi connectivity index (χ1n) is 9.32. The molecule has 6 heteroatoms. The molecular weight excluding hydrogens is 292 g/mol. The number of hydrogen-bond acceptors (Lipinski definition) is 5. The van der Waals surface area contributed by atoms with Crippen molar-refractivity contribution in [3.05, 3.63) is 0 Å². The minimum absolute atomic E-state index is 0.0239. The molecule has 0 aliphatic carbocycles. The van der Waals surface area contributed by atoms with Gasteiger partial charge in [-0.1, -0.05) is 32.6 Å². The van der Waals surface area contributed by atoms with Crippen molar-refractivity contribution >= 4 is 6.09 Å². The fourth-order valence-electron chi connectivity index (χ4n) is 2.67. The summed E-state index contributed by atoms with van der Waals surface area (Å²) < 4.78 is 5.54. The quantitative estimate of drug-likeness (QED) is 0.570. The minimum Gasteiger partial charge on any atom is -0.445 e. The number of carbonyl (C=O) groups excluding carboxylic acids is 1. The van der Waals surface area contributed by atoms with Gasteiger partial charge in [0.1, 0.15) is 6.10 Å². The average Bonchev–Trinajstić information content (AvgIpc) is 2.58. The molecule has 0 radical (unpaired) electrons. The number of rotatable bonds is 11. The van der Waals surface area contributed by atoms with Crippen LogP contribution >= 0.6 is 0 Å². The van der Waals surface area contributed by atoms with Crippen LogP contribution < -0.4 is 11.1 Å². The van der Waals surface area contributed by atoms with Gasteiger partial charge in [0.25, 0.3) is 0 Å². The second-order valence-corrected chi connectivity index (χ2v) is 6.34. The van der Waals surface area contributed by atoms with Gasteiger partial charge in [0.2, 0.25) is 0 Å². The molecule has 0 bridgehead atoms. The lowest BCUT2D eigenvalue weighted by Gasteiger charge is -2.37. The molecule has 0 aromatic carbocycles. The lowest BCUT2D eigenvalue weighted by molar-refractivity contribution is -0.0408. The Morgan fingerprint density at radius 2 is 1.78 bits per heavy atom. The molecule has 1 unspecified atom stereocenters. The highest BCUT2D eigenvalue weighted by Crippen LogP contribution is 2.11. The number of nitrogens with one attached hydrogen (secondary N) is 1. The van der Waals surface area contributed by atoms with Crippen molar-refractivity contribution in [3.63, 3.8) is 0 Å². The molecule has 1 atom stereocenters. The maximum atomic E-state index is 12.4. The third-order valence-electron chi connectivity index (χ3n) is 4.35. The van der Waals surface area contributed by atoms with Gasteiger partial charge in [-0.15, -0.1) is 0 Å². The van der Waals surface area contributed by atoms with E-state index in [-0.39, 0.29) is 12.2 Å². The normalized spacial score (nSPS) is 17.0. The fourth-order valence-corrected chi connectivity index (χ4v) is 2.67. The van der Waals surface area contributed by atoms with Crippen LogP contribution in [0.4, 0.5) is 4.79 Å². The number of unbranched alkanes of at least 4 members (excludes halogenated alkanes) is 5. The molecule has 0 saturated carbocycles. The monoisotopic (exact) mass is 328 g/mol. The summed E-state index contributed by atoms with van der Waals surface area (Å²) in [6.45, 7) is 9.11. The topological polar surface area (TPSA) is 70.8 Å². The highest BCUT2D eigenvalue weighted by Gasteiger charge is 2.24. The van der Waals surface area contributed by atoms with Crippen molar-refractivity contribution in [1.82, 2.24) is 15.3 Å². The molecular formula is C17H36N4O2. The highest BCUT2D eigenvalue weighted by atomic mass is 16.6.